The quantitative estimate of drug-likeness (QED) is 0.917. The summed E-state index contributed by atoms with van der Waals surface area (Å²) in [5.41, 5.74) is 0.405. The summed E-state index contributed by atoms with van der Waals surface area (Å²) in [6.07, 6.45) is 5.26. The highest BCUT2D eigenvalue weighted by Crippen LogP contribution is 2.39. The summed E-state index contributed by atoms with van der Waals surface area (Å²) >= 11 is 0. The van der Waals surface area contributed by atoms with E-state index in [9.17, 15) is 5.11 Å². The molecule has 2 fully saturated rings. The van der Waals surface area contributed by atoms with E-state index in [0.717, 1.165) is 43.7 Å². The summed E-state index contributed by atoms with van der Waals surface area (Å²) in [5.74, 6) is 0.900. The second-order valence-corrected chi connectivity index (χ2v) is 6.19. The van der Waals surface area contributed by atoms with Gasteiger partial charge in [0, 0.05) is 12.6 Å². The topological polar surface area (TPSA) is 32.7 Å². The second-order valence-electron chi connectivity index (χ2n) is 6.19. The maximum absolute atomic E-state index is 11.0. The third-order valence-corrected chi connectivity index (χ3v) is 4.75. The van der Waals surface area contributed by atoms with Crippen molar-refractivity contribution in [1.29, 1.82) is 0 Å². The predicted octanol–water partition coefficient (Wildman–Crippen LogP) is 2.92. The van der Waals surface area contributed by atoms with Crippen LogP contribution in [0.2, 0.25) is 0 Å². The largest absolute Gasteiger partial charge is 0.494 e. The summed E-state index contributed by atoms with van der Waals surface area (Å²) in [6, 6.07) is 8.63. The molecule has 2 saturated heterocycles. The first-order valence-corrected chi connectivity index (χ1v) is 7.91. The smallest absolute Gasteiger partial charge is 0.119 e. The Kier molecular flexibility index (Phi) is 3.99. The zero-order chi connectivity index (χ0) is 14.0. The molecule has 20 heavy (non-hydrogen) atoms. The summed E-state index contributed by atoms with van der Waals surface area (Å²) in [5, 5.41) is 11.0. The molecule has 0 bridgehead atoms. The van der Waals surface area contributed by atoms with Crippen LogP contribution in [0.3, 0.4) is 0 Å². The van der Waals surface area contributed by atoms with Gasteiger partial charge in [0.25, 0.3) is 0 Å². The van der Waals surface area contributed by atoms with Gasteiger partial charge in [-0.2, -0.15) is 0 Å². The fourth-order valence-corrected chi connectivity index (χ4v) is 3.58. The van der Waals surface area contributed by atoms with E-state index in [0.29, 0.717) is 6.04 Å². The van der Waals surface area contributed by atoms with Gasteiger partial charge in [-0.15, -0.1) is 0 Å². The molecule has 110 valence electrons. The number of fused-ring (bicyclic) bond motifs is 1. The van der Waals surface area contributed by atoms with E-state index >= 15 is 0 Å². The van der Waals surface area contributed by atoms with Crippen LogP contribution in [0.1, 0.15) is 44.6 Å². The number of ether oxygens (including phenoxy) is 1. The van der Waals surface area contributed by atoms with E-state index in [-0.39, 0.29) is 0 Å². The average Bonchev–Trinajstić information content (AvgIpc) is 2.92. The van der Waals surface area contributed by atoms with Crippen LogP contribution in [0.15, 0.2) is 24.3 Å². The molecule has 0 radical (unpaired) electrons. The van der Waals surface area contributed by atoms with Crippen molar-refractivity contribution in [2.45, 2.75) is 50.7 Å². The maximum atomic E-state index is 11.0. The molecule has 0 amide bonds. The van der Waals surface area contributed by atoms with Gasteiger partial charge < -0.3 is 14.7 Å². The second kappa shape index (κ2) is 5.74. The van der Waals surface area contributed by atoms with E-state index in [1.807, 2.05) is 24.3 Å². The fraction of sp³-hybridized carbons (Fsp3) is 0.647. The zero-order valence-electron chi connectivity index (χ0n) is 12.3. The number of hydrogen-bond donors (Lipinski definition) is 1. The molecular formula is C17H25NO2. The van der Waals surface area contributed by atoms with Crippen LogP contribution in [0, 0.1) is 0 Å². The molecule has 0 spiro atoms. The highest BCUT2D eigenvalue weighted by molar-refractivity contribution is 5.31. The van der Waals surface area contributed by atoms with E-state index in [2.05, 4.69) is 11.8 Å². The average molecular weight is 275 g/mol. The van der Waals surface area contributed by atoms with Gasteiger partial charge in [0.15, 0.2) is 0 Å². The molecule has 2 aliphatic rings. The molecule has 3 rings (SSSR count). The van der Waals surface area contributed by atoms with Gasteiger partial charge in [-0.05, 0) is 56.3 Å². The molecular weight excluding hydrogens is 250 g/mol. The first-order chi connectivity index (χ1) is 9.71. The summed E-state index contributed by atoms with van der Waals surface area (Å²) < 4.78 is 5.61. The van der Waals surface area contributed by atoms with Crippen molar-refractivity contribution in [3.63, 3.8) is 0 Å². The Morgan fingerprint density at radius 2 is 2.10 bits per heavy atom. The third kappa shape index (κ3) is 2.70. The SMILES string of the molecule is CCCOc1ccc(C2(O)CCN3CCCC3C2)cc1. The Balaban J connectivity index is 1.71. The highest BCUT2D eigenvalue weighted by atomic mass is 16.5. The van der Waals surface area contributed by atoms with E-state index in [4.69, 9.17) is 4.74 Å². The zero-order valence-corrected chi connectivity index (χ0v) is 12.3. The fourth-order valence-electron chi connectivity index (χ4n) is 3.58. The number of piperidine rings is 1. The normalized spacial score (nSPS) is 30.2. The first-order valence-electron chi connectivity index (χ1n) is 7.91. The number of rotatable bonds is 4. The number of nitrogens with zero attached hydrogens (tertiary/aromatic N) is 1. The van der Waals surface area contributed by atoms with Gasteiger partial charge in [0.1, 0.15) is 5.75 Å². The minimum Gasteiger partial charge on any atom is -0.494 e. The van der Waals surface area contributed by atoms with Crippen molar-refractivity contribution in [2.24, 2.45) is 0 Å². The number of benzene rings is 1. The Morgan fingerprint density at radius 3 is 2.85 bits per heavy atom. The van der Waals surface area contributed by atoms with Crippen molar-refractivity contribution < 1.29 is 9.84 Å². The molecule has 3 heteroatoms. The molecule has 1 aromatic rings. The Morgan fingerprint density at radius 1 is 1.30 bits per heavy atom. The van der Waals surface area contributed by atoms with Crippen molar-refractivity contribution in [3.8, 4) is 5.75 Å². The molecule has 1 N–H and O–H groups in total. The molecule has 2 aliphatic heterocycles. The van der Waals surface area contributed by atoms with Crippen LogP contribution in [0.25, 0.3) is 0 Å². The highest BCUT2D eigenvalue weighted by Gasteiger charge is 2.41. The van der Waals surface area contributed by atoms with Crippen LogP contribution in [-0.2, 0) is 5.60 Å². The van der Waals surface area contributed by atoms with E-state index in [1.165, 1.54) is 19.4 Å². The minimum absolute atomic E-state index is 0.574. The molecule has 2 unspecified atom stereocenters. The molecule has 1 aromatic carbocycles. The van der Waals surface area contributed by atoms with Crippen molar-refractivity contribution in [2.75, 3.05) is 19.7 Å². The van der Waals surface area contributed by atoms with Crippen LogP contribution < -0.4 is 4.74 Å². The Bertz CT molecular complexity index is 445. The van der Waals surface area contributed by atoms with Crippen molar-refractivity contribution in [1.82, 2.24) is 4.90 Å². The Labute approximate surface area is 121 Å². The number of hydrogen-bond acceptors (Lipinski definition) is 3. The standard InChI is InChI=1S/C17H25NO2/c1-2-12-20-16-7-5-14(6-8-16)17(19)9-11-18-10-3-4-15(18)13-17/h5-8,15,19H,2-4,9-13H2,1H3. The lowest BCUT2D eigenvalue weighted by molar-refractivity contribution is -0.0409. The minimum atomic E-state index is -0.644. The molecule has 0 aliphatic carbocycles. The van der Waals surface area contributed by atoms with Crippen molar-refractivity contribution in [3.05, 3.63) is 29.8 Å². The van der Waals surface area contributed by atoms with Crippen LogP contribution in [0.4, 0.5) is 0 Å². The van der Waals surface area contributed by atoms with Gasteiger partial charge in [0.2, 0.25) is 0 Å². The van der Waals surface area contributed by atoms with Crippen LogP contribution in [0.5, 0.6) is 5.75 Å². The summed E-state index contributed by atoms with van der Waals surface area (Å²) in [4.78, 5) is 2.53. The van der Waals surface area contributed by atoms with Gasteiger partial charge in [0.05, 0.1) is 12.2 Å². The Hall–Kier alpha value is -1.06. The lowest BCUT2D eigenvalue weighted by Crippen LogP contribution is -2.45. The molecule has 0 saturated carbocycles. The van der Waals surface area contributed by atoms with Gasteiger partial charge in [-0.25, -0.2) is 0 Å². The number of aliphatic hydroxyl groups is 1. The molecule has 0 aromatic heterocycles. The monoisotopic (exact) mass is 275 g/mol. The first kappa shape index (κ1) is 13.9. The molecule has 3 nitrogen and oxygen atoms in total. The van der Waals surface area contributed by atoms with E-state index < -0.39 is 5.60 Å². The van der Waals surface area contributed by atoms with Gasteiger partial charge in [-0.3, -0.25) is 0 Å². The van der Waals surface area contributed by atoms with Gasteiger partial charge in [-0.1, -0.05) is 19.1 Å². The predicted molar refractivity (Wildman–Crippen MR) is 80.0 cm³/mol. The van der Waals surface area contributed by atoms with E-state index in [1.54, 1.807) is 0 Å². The lowest BCUT2D eigenvalue weighted by atomic mass is 9.81. The van der Waals surface area contributed by atoms with Gasteiger partial charge >= 0.3 is 0 Å². The molecule has 2 heterocycles. The summed E-state index contributed by atoms with van der Waals surface area (Å²) in [7, 11) is 0. The van der Waals surface area contributed by atoms with Crippen molar-refractivity contribution >= 4 is 0 Å². The third-order valence-electron chi connectivity index (χ3n) is 4.75. The van der Waals surface area contributed by atoms with Crippen LogP contribution in [-0.4, -0.2) is 35.7 Å². The maximum Gasteiger partial charge on any atom is 0.119 e. The molecule has 2 atom stereocenters. The summed E-state index contributed by atoms with van der Waals surface area (Å²) in [6.45, 7) is 5.09. The lowest BCUT2D eigenvalue weighted by Gasteiger charge is -2.41. The van der Waals surface area contributed by atoms with Crippen LogP contribution >= 0.6 is 0 Å².